The third kappa shape index (κ3) is 40.1. The number of carbonyl (C=O) groups excluding carboxylic acids is 3. The highest BCUT2D eigenvalue weighted by molar-refractivity contribution is 5.71. The molecule has 0 aliphatic carbocycles. The van der Waals surface area contributed by atoms with Gasteiger partial charge in [-0.15, -0.1) is 0 Å². The normalized spacial score (nSPS) is 12.6. The summed E-state index contributed by atoms with van der Waals surface area (Å²) in [7, 11) is 0. The lowest BCUT2D eigenvalue weighted by molar-refractivity contribution is -0.167. The van der Waals surface area contributed by atoms with Gasteiger partial charge in [0.15, 0.2) is 6.10 Å². The highest BCUT2D eigenvalue weighted by atomic mass is 16.6. The zero-order chi connectivity index (χ0) is 39.7. The minimum Gasteiger partial charge on any atom is -0.462 e. The first-order valence-corrected chi connectivity index (χ1v) is 23.8. The molecule has 1 unspecified atom stereocenters. The van der Waals surface area contributed by atoms with Gasteiger partial charge in [-0.3, -0.25) is 14.4 Å². The van der Waals surface area contributed by atoms with Gasteiger partial charge in [0, 0.05) is 19.3 Å². The smallest absolute Gasteiger partial charge is 0.306 e. The largest absolute Gasteiger partial charge is 0.462 e. The van der Waals surface area contributed by atoms with Crippen LogP contribution in [-0.4, -0.2) is 37.2 Å². The first kappa shape index (κ1) is 52.4. The van der Waals surface area contributed by atoms with E-state index in [1.165, 1.54) is 148 Å². The molecule has 0 fully saturated rings. The van der Waals surface area contributed by atoms with Crippen LogP contribution in [0.1, 0.15) is 259 Å². The van der Waals surface area contributed by atoms with Gasteiger partial charge in [-0.2, -0.15) is 0 Å². The van der Waals surface area contributed by atoms with E-state index >= 15 is 0 Å². The van der Waals surface area contributed by atoms with E-state index in [1.54, 1.807) is 0 Å². The molecule has 0 aromatic heterocycles. The van der Waals surface area contributed by atoms with Gasteiger partial charge in [-0.05, 0) is 31.1 Å². The zero-order valence-corrected chi connectivity index (χ0v) is 36.8. The van der Waals surface area contributed by atoms with E-state index in [4.69, 9.17) is 14.2 Å². The summed E-state index contributed by atoms with van der Waals surface area (Å²) in [4.78, 5) is 37.7. The number of hydrogen-bond acceptors (Lipinski definition) is 6. The van der Waals surface area contributed by atoms with Gasteiger partial charge < -0.3 is 14.2 Å². The van der Waals surface area contributed by atoms with Crippen molar-refractivity contribution in [2.75, 3.05) is 13.2 Å². The Bertz CT molecular complexity index is 826. The van der Waals surface area contributed by atoms with Gasteiger partial charge in [0.2, 0.25) is 0 Å². The Balaban J connectivity index is 4.28. The van der Waals surface area contributed by atoms with Gasteiger partial charge in [0.25, 0.3) is 0 Å². The Hall–Kier alpha value is -1.59. The summed E-state index contributed by atoms with van der Waals surface area (Å²) in [5.74, 6) is 0.791. The number of carbonyl (C=O) groups is 3. The summed E-state index contributed by atoms with van der Waals surface area (Å²) in [6, 6.07) is 0. The predicted molar refractivity (Wildman–Crippen MR) is 229 cm³/mol. The maximum absolute atomic E-state index is 12.7. The topological polar surface area (TPSA) is 78.9 Å². The number of rotatable bonds is 42. The predicted octanol–water partition coefficient (Wildman–Crippen LogP) is 15.0. The molecule has 0 heterocycles. The third-order valence-corrected chi connectivity index (χ3v) is 11.1. The van der Waals surface area contributed by atoms with Crippen molar-refractivity contribution < 1.29 is 28.6 Å². The molecule has 0 aromatic carbocycles. The summed E-state index contributed by atoms with van der Waals surface area (Å²) in [5, 5.41) is 0. The van der Waals surface area contributed by atoms with Crippen molar-refractivity contribution in [3.05, 3.63) is 0 Å². The fraction of sp³-hybridized carbons (Fsp3) is 0.938. The third-order valence-electron chi connectivity index (χ3n) is 11.1. The Morgan fingerprint density at radius 2 is 0.704 bits per heavy atom. The molecule has 6 heteroatoms. The van der Waals surface area contributed by atoms with E-state index in [1.807, 2.05) is 0 Å². The lowest BCUT2D eigenvalue weighted by Crippen LogP contribution is -2.30. The molecular formula is C48H92O6. The molecule has 0 rings (SSSR count). The molecule has 0 bridgehead atoms. The molecule has 0 amide bonds. The molecule has 0 saturated heterocycles. The molecular weight excluding hydrogens is 673 g/mol. The van der Waals surface area contributed by atoms with Crippen LogP contribution in [0.4, 0.5) is 0 Å². The van der Waals surface area contributed by atoms with E-state index in [0.29, 0.717) is 19.3 Å². The lowest BCUT2D eigenvalue weighted by atomic mass is 10.00. The van der Waals surface area contributed by atoms with Crippen LogP contribution in [0.3, 0.4) is 0 Å². The summed E-state index contributed by atoms with van der Waals surface area (Å²) < 4.78 is 16.7. The van der Waals surface area contributed by atoms with Crippen LogP contribution < -0.4 is 0 Å². The molecule has 0 aromatic rings. The van der Waals surface area contributed by atoms with Gasteiger partial charge in [-0.25, -0.2) is 0 Å². The SMILES string of the molecule is CCCCCCCCCCCCC(=O)OC[C@@H](COC(=O)CCCCCCCCCCCCCCCC(C)C)OC(=O)CCCCCCCCC(C)CC. The van der Waals surface area contributed by atoms with E-state index < -0.39 is 6.10 Å². The van der Waals surface area contributed by atoms with Crippen molar-refractivity contribution in [3.63, 3.8) is 0 Å². The van der Waals surface area contributed by atoms with Crippen molar-refractivity contribution in [3.8, 4) is 0 Å². The monoisotopic (exact) mass is 765 g/mol. The lowest BCUT2D eigenvalue weighted by Gasteiger charge is -2.18. The minimum atomic E-state index is -0.761. The van der Waals surface area contributed by atoms with Gasteiger partial charge in [-0.1, -0.05) is 221 Å². The van der Waals surface area contributed by atoms with Crippen LogP contribution in [0, 0.1) is 11.8 Å². The minimum absolute atomic E-state index is 0.0652. The van der Waals surface area contributed by atoms with Crippen LogP contribution in [0.25, 0.3) is 0 Å². The van der Waals surface area contributed by atoms with Crippen LogP contribution >= 0.6 is 0 Å². The Kier molecular flexibility index (Phi) is 39.8. The fourth-order valence-electron chi connectivity index (χ4n) is 7.07. The molecule has 6 nitrogen and oxygen atoms in total. The second-order valence-corrected chi connectivity index (χ2v) is 17.1. The molecule has 0 saturated carbocycles. The summed E-state index contributed by atoms with van der Waals surface area (Å²) in [5.41, 5.74) is 0. The summed E-state index contributed by atoms with van der Waals surface area (Å²) in [6.07, 6.45) is 39.5. The van der Waals surface area contributed by atoms with Crippen LogP contribution in [-0.2, 0) is 28.6 Å². The number of hydrogen-bond donors (Lipinski definition) is 0. The van der Waals surface area contributed by atoms with Gasteiger partial charge >= 0.3 is 17.9 Å². The molecule has 0 radical (unpaired) electrons. The number of esters is 3. The van der Waals surface area contributed by atoms with Crippen LogP contribution in [0.2, 0.25) is 0 Å². The standard InChI is InChI=1S/C48H92O6/c1-6-8-9-10-11-12-19-22-28-33-38-46(49)52-41-45(54-48(51)40-35-30-25-24-27-32-37-44(5)7-2)42-53-47(50)39-34-29-23-20-17-15-13-14-16-18-21-26-31-36-43(3)4/h43-45H,6-42H2,1-5H3/t44?,45-/m0/s1. The first-order valence-electron chi connectivity index (χ1n) is 23.8. The Morgan fingerprint density at radius 3 is 1.06 bits per heavy atom. The Labute approximate surface area is 336 Å². The number of ether oxygens (including phenoxy) is 3. The molecule has 0 N–H and O–H groups in total. The summed E-state index contributed by atoms with van der Waals surface area (Å²) in [6.45, 7) is 11.3. The zero-order valence-electron chi connectivity index (χ0n) is 36.8. The molecule has 0 spiro atoms. The van der Waals surface area contributed by atoms with Gasteiger partial charge in [0.05, 0.1) is 0 Å². The van der Waals surface area contributed by atoms with E-state index in [0.717, 1.165) is 69.6 Å². The van der Waals surface area contributed by atoms with Crippen molar-refractivity contribution in [2.45, 2.75) is 265 Å². The second-order valence-electron chi connectivity index (χ2n) is 17.1. The molecule has 0 aliphatic rings. The Morgan fingerprint density at radius 1 is 0.389 bits per heavy atom. The maximum atomic E-state index is 12.7. The number of unbranched alkanes of at least 4 members (excludes halogenated alkanes) is 26. The van der Waals surface area contributed by atoms with Crippen LogP contribution in [0.5, 0.6) is 0 Å². The first-order chi connectivity index (χ1) is 26.3. The van der Waals surface area contributed by atoms with Crippen molar-refractivity contribution in [1.82, 2.24) is 0 Å². The molecule has 2 atom stereocenters. The molecule has 320 valence electrons. The fourth-order valence-corrected chi connectivity index (χ4v) is 7.07. The quantitative estimate of drug-likeness (QED) is 0.0350. The molecule has 0 aliphatic heterocycles. The van der Waals surface area contributed by atoms with E-state index in [9.17, 15) is 14.4 Å². The van der Waals surface area contributed by atoms with E-state index in [-0.39, 0.29) is 31.1 Å². The van der Waals surface area contributed by atoms with Crippen molar-refractivity contribution >= 4 is 17.9 Å². The average Bonchev–Trinajstić information content (AvgIpc) is 3.15. The van der Waals surface area contributed by atoms with Crippen molar-refractivity contribution in [1.29, 1.82) is 0 Å². The second kappa shape index (κ2) is 41.1. The van der Waals surface area contributed by atoms with Crippen molar-refractivity contribution in [2.24, 2.45) is 11.8 Å². The van der Waals surface area contributed by atoms with E-state index in [2.05, 4.69) is 34.6 Å². The van der Waals surface area contributed by atoms with Crippen LogP contribution in [0.15, 0.2) is 0 Å². The van der Waals surface area contributed by atoms with Gasteiger partial charge in [0.1, 0.15) is 13.2 Å². The maximum Gasteiger partial charge on any atom is 0.306 e. The average molecular weight is 765 g/mol. The highest BCUT2D eigenvalue weighted by Crippen LogP contribution is 2.17. The summed E-state index contributed by atoms with van der Waals surface area (Å²) >= 11 is 0. The molecule has 54 heavy (non-hydrogen) atoms. The highest BCUT2D eigenvalue weighted by Gasteiger charge is 2.19.